The van der Waals surface area contributed by atoms with Gasteiger partial charge in [-0.25, -0.2) is 4.98 Å². The summed E-state index contributed by atoms with van der Waals surface area (Å²) in [5.74, 6) is 1.82. The second-order valence-corrected chi connectivity index (χ2v) is 15.7. The van der Waals surface area contributed by atoms with Gasteiger partial charge in [-0.2, -0.15) is 11.6 Å². The topological polar surface area (TPSA) is 37.4 Å². The van der Waals surface area contributed by atoms with Crippen molar-refractivity contribution in [2.24, 2.45) is 6.98 Å². The Morgan fingerprint density at radius 3 is 2.25 bits per heavy atom. The molecule has 2 aliphatic rings. The van der Waals surface area contributed by atoms with Crippen LogP contribution in [0, 0.1) is 18.5 Å². The number of fused-ring (bicyclic) bond motifs is 9. The molecule has 0 aliphatic carbocycles. The molecule has 8 heteroatoms. The minimum atomic E-state index is -2.41. The van der Waals surface area contributed by atoms with Gasteiger partial charge >= 0.3 is 6.98 Å². The van der Waals surface area contributed by atoms with Gasteiger partial charge in [-0.15, -0.1) is 30.3 Å². The van der Waals surface area contributed by atoms with Crippen molar-refractivity contribution in [3.8, 4) is 28.3 Å². The minimum Gasteiger partial charge on any atom is -0.510 e. The van der Waals surface area contributed by atoms with E-state index in [0.717, 1.165) is 28.4 Å². The third-order valence-corrected chi connectivity index (χ3v) is 10.1. The number of nitrogens with zero attached hydrogens (tertiary/aromatic N) is 5. The largest absolute Gasteiger partial charge is 0.510 e. The monoisotopic (exact) mass is 875 g/mol. The Balaban J connectivity index is 0.00000441. The number of aromatic nitrogens is 3. The molecule has 5 aromatic carbocycles. The van der Waals surface area contributed by atoms with Crippen LogP contribution in [0.25, 0.3) is 27.8 Å². The number of aryl methyl sites for hydroxylation is 1. The number of anilines is 4. The van der Waals surface area contributed by atoms with E-state index < -0.39 is 6.98 Å². The van der Waals surface area contributed by atoms with Gasteiger partial charge in [0, 0.05) is 50.0 Å². The summed E-state index contributed by atoms with van der Waals surface area (Å²) in [6.07, 6.45) is 4.99. The molecule has 266 valence electrons. The summed E-state index contributed by atoms with van der Waals surface area (Å²) in [7, 11) is 0. The maximum Gasteiger partial charge on any atom is 0.409 e. The van der Waals surface area contributed by atoms with Gasteiger partial charge in [0.15, 0.2) is 0 Å². The van der Waals surface area contributed by atoms with Crippen molar-refractivity contribution in [1.82, 2.24) is 9.55 Å². The van der Waals surface area contributed by atoms with Crippen LogP contribution < -0.4 is 24.4 Å². The Labute approximate surface area is 331 Å². The van der Waals surface area contributed by atoms with Crippen molar-refractivity contribution in [3.63, 3.8) is 0 Å². The molecule has 2 aromatic heterocycles. The Morgan fingerprint density at radius 2 is 1.45 bits per heavy atom. The molecule has 0 spiro atoms. The zero-order valence-electron chi connectivity index (χ0n) is 33.5. The Kier molecular flexibility index (Phi) is 7.57. The molecular weight excluding hydrogens is 832 g/mol. The zero-order chi connectivity index (χ0) is 38.4. The molecule has 53 heavy (non-hydrogen) atoms. The van der Waals surface area contributed by atoms with Gasteiger partial charge in [-0.05, 0) is 45.6 Å². The van der Waals surface area contributed by atoms with Crippen molar-refractivity contribution >= 4 is 46.4 Å². The molecule has 0 unspecified atom stereocenters. The van der Waals surface area contributed by atoms with Crippen LogP contribution in [0.4, 0.5) is 22.9 Å². The number of pyridine rings is 1. The molecule has 9 rings (SSSR count). The van der Waals surface area contributed by atoms with Gasteiger partial charge in [-0.3, -0.25) is 0 Å². The fourth-order valence-corrected chi connectivity index (χ4v) is 7.43. The van der Waals surface area contributed by atoms with Gasteiger partial charge in [0.1, 0.15) is 5.82 Å². The molecule has 4 heterocycles. The molecule has 2 aliphatic heterocycles. The molecule has 0 N–H and O–H groups in total. The zero-order valence-corrected chi connectivity index (χ0v) is 32.8. The van der Waals surface area contributed by atoms with E-state index in [1.165, 1.54) is 26.7 Å². The minimum absolute atomic E-state index is 0. The van der Waals surface area contributed by atoms with E-state index in [-0.39, 0.29) is 38.9 Å². The van der Waals surface area contributed by atoms with Gasteiger partial charge in [0.05, 0.1) is 22.1 Å². The first kappa shape index (κ1) is 31.4. The summed E-state index contributed by atoms with van der Waals surface area (Å²) in [5, 5.41) is 0. The molecular formula is C45H40BN5OPt-2. The van der Waals surface area contributed by atoms with Crippen molar-refractivity contribution in [2.45, 2.75) is 52.4 Å². The van der Waals surface area contributed by atoms with Crippen LogP contribution in [0.1, 0.15) is 56.8 Å². The Bertz CT molecular complexity index is 2650. The summed E-state index contributed by atoms with van der Waals surface area (Å²) >= 11 is 0. The van der Waals surface area contributed by atoms with Crippen molar-refractivity contribution in [2.75, 3.05) is 9.62 Å². The van der Waals surface area contributed by atoms with Crippen molar-refractivity contribution in [1.29, 1.82) is 0 Å². The number of hydrogen-bond acceptors (Lipinski definition) is 4. The van der Waals surface area contributed by atoms with Gasteiger partial charge < -0.3 is 23.5 Å². The number of hydrogen-bond donors (Lipinski definition) is 0. The summed E-state index contributed by atoms with van der Waals surface area (Å²) < 4.78 is 34.2. The number of ether oxygens (including phenoxy) is 1. The standard InChI is InChI=1S/C45H40BN5O.Pt/c1-44(2,3)30-22-23-47-43(26-30)51-42-28-33(20-21-41(42)50-38-17-11-9-15-36(38)35-14-8-10-16-37(35)46(50)51)52-34-25-31(45(4,5)6)24-32(27-34)49-29-48(7)39-18-12-13-19-40(39)49;/h8-26H,1-7H3;/q-2;/i7D3;. The summed E-state index contributed by atoms with van der Waals surface area (Å²) in [5.41, 5.74) is 10.2. The normalized spacial score (nSPS) is 14.4. The molecule has 0 saturated carbocycles. The van der Waals surface area contributed by atoms with Gasteiger partial charge in [-0.1, -0.05) is 125 Å². The molecule has 7 aromatic rings. The van der Waals surface area contributed by atoms with Crippen LogP contribution >= 0.6 is 0 Å². The number of para-hydroxylation sites is 3. The maximum atomic E-state index is 8.19. The molecule has 6 nitrogen and oxygen atoms in total. The van der Waals surface area contributed by atoms with Gasteiger partial charge in [0.2, 0.25) is 6.33 Å². The average molecular weight is 876 g/mol. The number of imidazole rings is 1. The second-order valence-electron chi connectivity index (χ2n) is 15.7. The maximum absolute atomic E-state index is 8.19. The summed E-state index contributed by atoms with van der Waals surface area (Å²) in [6.45, 7) is 10.4. The molecule has 0 atom stereocenters. The second kappa shape index (κ2) is 12.8. The first-order chi connectivity index (χ1) is 26.2. The number of rotatable bonds is 4. The fraction of sp³-hybridized carbons (Fsp3) is 0.200. The molecule has 0 saturated heterocycles. The smallest absolute Gasteiger partial charge is 0.409 e. The first-order valence-corrected chi connectivity index (χ1v) is 17.7. The molecule has 0 radical (unpaired) electrons. The van der Waals surface area contributed by atoms with Crippen LogP contribution in [-0.4, -0.2) is 16.5 Å². The van der Waals surface area contributed by atoms with Crippen LogP contribution in [0.2, 0.25) is 0 Å². The predicted molar refractivity (Wildman–Crippen MR) is 211 cm³/mol. The van der Waals surface area contributed by atoms with E-state index in [9.17, 15) is 0 Å². The quantitative estimate of drug-likeness (QED) is 0.101. The van der Waals surface area contributed by atoms with Gasteiger partial charge in [0.25, 0.3) is 0 Å². The van der Waals surface area contributed by atoms with Crippen LogP contribution in [0.15, 0.2) is 115 Å². The van der Waals surface area contributed by atoms with E-state index in [2.05, 4.69) is 136 Å². The summed E-state index contributed by atoms with van der Waals surface area (Å²) in [4.78, 5) is 9.64. The van der Waals surface area contributed by atoms with E-state index in [4.69, 9.17) is 13.8 Å². The van der Waals surface area contributed by atoms with Crippen LogP contribution in [-0.2, 0) is 38.9 Å². The Hall–Kier alpha value is -5.13. The molecule has 0 bridgehead atoms. The third-order valence-electron chi connectivity index (χ3n) is 10.1. The van der Waals surface area contributed by atoms with Crippen molar-refractivity contribution in [3.05, 3.63) is 145 Å². The van der Waals surface area contributed by atoms with E-state index in [1.54, 1.807) is 10.6 Å². The van der Waals surface area contributed by atoms with E-state index >= 15 is 0 Å². The summed E-state index contributed by atoms with van der Waals surface area (Å²) in [6, 6.07) is 44.0. The third kappa shape index (κ3) is 5.86. The Morgan fingerprint density at radius 1 is 0.717 bits per heavy atom. The van der Waals surface area contributed by atoms with E-state index in [1.807, 2.05) is 42.6 Å². The SMILES string of the molecule is [2H]C([2H])([2H])[n+]1[c-]n(-c2[c-]c(Oc3[c-]c4c(cc3)N3B(c5ccccc5-c5ccccc53)N4c3cc(C(C)(C)C)ccn3)cc(C(C)(C)C)c2)c2ccccc21.[Pt]. The van der Waals surface area contributed by atoms with E-state index in [0.29, 0.717) is 28.2 Å². The fourth-order valence-electron chi connectivity index (χ4n) is 7.43. The average Bonchev–Trinajstić information content (AvgIpc) is 3.72. The number of benzene rings is 5. The first-order valence-electron chi connectivity index (χ1n) is 19.2. The molecule has 0 fully saturated rings. The predicted octanol–water partition coefficient (Wildman–Crippen LogP) is 9.30. The molecule has 0 amide bonds. The van der Waals surface area contributed by atoms with Crippen molar-refractivity contribution < 1.29 is 34.5 Å². The van der Waals surface area contributed by atoms with Crippen LogP contribution in [0.3, 0.4) is 0 Å². The van der Waals surface area contributed by atoms with Crippen LogP contribution in [0.5, 0.6) is 11.5 Å².